The molecule has 0 atom stereocenters. The average molecular weight is 210 g/mol. The molecule has 0 spiro atoms. The van der Waals surface area contributed by atoms with Crippen molar-refractivity contribution in [1.82, 2.24) is 4.98 Å². The lowest BCUT2D eigenvalue weighted by Gasteiger charge is -2.21. The molecule has 1 rings (SSSR count). The SMILES string of the molecule is CCN(CCO)c1ccc(CO)c(C)n1. The molecule has 0 aliphatic carbocycles. The maximum Gasteiger partial charge on any atom is 0.128 e. The van der Waals surface area contributed by atoms with Crippen LogP contribution in [-0.4, -0.2) is 34.9 Å². The van der Waals surface area contributed by atoms with Gasteiger partial charge in [-0.2, -0.15) is 0 Å². The summed E-state index contributed by atoms with van der Waals surface area (Å²) < 4.78 is 0. The molecule has 0 amide bonds. The number of aliphatic hydroxyl groups excluding tert-OH is 2. The smallest absolute Gasteiger partial charge is 0.128 e. The number of aryl methyl sites for hydroxylation is 1. The topological polar surface area (TPSA) is 56.6 Å². The van der Waals surface area contributed by atoms with Crippen LogP contribution < -0.4 is 4.90 Å². The third-order valence-electron chi connectivity index (χ3n) is 2.43. The Bertz CT molecular complexity index is 315. The van der Waals surface area contributed by atoms with Crippen LogP contribution in [0.2, 0.25) is 0 Å². The zero-order valence-corrected chi connectivity index (χ0v) is 9.27. The number of pyridine rings is 1. The van der Waals surface area contributed by atoms with Gasteiger partial charge in [-0.05, 0) is 25.5 Å². The van der Waals surface area contributed by atoms with Crippen molar-refractivity contribution in [3.8, 4) is 0 Å². The lowest BCUT2D eigenvalue weighted by molar-refractivity contribution is 0.280. The third kappa shape index (κ3) is 2.91. The van der Waals surface area contributed by atoms with Gasteiger partial charge in [-0.1, -0.05) is 6.07 Å². The first-order valence-electron chi connectivity index (χ1n) is 5.16. The van der Waals surface area contributed by atoms with Gasteiger partial charge in [-0.15, -0.1) is 0 Å². The molecule has 4 heteroatoms. The van der Waals surface area contributed by atoms with E-state index in [0.717, 1.165) is 23.6 Å². The van der Waals surface area contributed by atoms with Crippen molar-refractivity contribution in [3.05, 3.63) is 23.4 Å². The van der Waals surface area contributed by atoms with Gasteiger partial charge < -0.3 is 15.1 Å². The van der Waals surface area contributed by atoms with Gasteiger partial charge in [-0.3, -0.25) is 0 Å². The highest BCUT2D eigenvalue weighted by atomic mass is 16.3. The molecule has 0 aromatic carbocycles. The number of anilines is 1. The predicted octanol–water partition coefficient (Wildman–Crippen LogP) is 0.701. The van der Waals surface area contributed by atoms with Crippen LogP contribution in [0.3, 0.4) is 0 Å². The summed E-state index contributed by atoms with van der Waals surface area (Å²) in [5.74, 6) is 0.848. The predicted molar refractivity (Wildman–Crippen MR) is 59.9 cm³/mol. The molecule has 0 aliphatic heterocycles. The minimum absolute atomic E-state index is 0.0191. The van der Waals surface area contributed by atoms with E-state index in [2.05, 4.69) is 4.98 Å². The average Bonchev–Trinajstić information content (AvgIpc) is 2.25. The second-order valence-electron chi connectivity index (χ2n) is 3.38. The molecule has 1 aromatic rings. The summed E-state index contributed by atoms with van der Waals surface area (Å²) >= 11 is 0. The standard InChI is InChI=1S/C11H18N2O2/c1-3-13(6-7-14)11-5-4-10(8-15)9(2)12-11/h4-5,14-15H,3,6-8H2,1-2H3. The summed E-state index contributed by atoms with van der Waals surface area (Å²) in [5.41, 5.74) is 1.69. The Morgan fingerprint density at radius 2 is 2.07 bits per heavy atom. The summed E-state index contributed by atoms with van der Waals surface area (Å²) in [6, 6.07) is 3.75. The van der Waals surface area contributed by atoms with Crippen molar-refractivity contribution in [2.45, 2.75) is 20.5 Å². The Morgan fingerprint density at radius 3 is 2.53 bits per heavy atom. The number of hydrogen-bond donors (Lipinski definition) is 2. The monoisotopic (exact) mass is 210 g/mol. The van der Waals surface area contributed by atoms with E-state index in [1.807, 2.05) is 30.9 Å². The number of hydrogen-bond acceptors (Lipinski definition) is 4. The van der Waals surface area contributed by atoms with Gasteiger partial charge in [0.25, 0.3) is 0 Å². The van der Waals surface area contributed by atoms with Gasteiger partial charge in [-0.25, -0.2) is 4.98 Å². The first kappa shape index (κ1) is 11.9. The molecule has 0 aliphatic rings. The normalized spacial score (nSPS) is 10.4. The summed E-state index contributed by atoms with van der Waals surface area (Å²) in [5, 5.41) is 17.9. The van der Waals surface area contributed by atoms with E-state index < -0.39 is 0 Å². The summed E-state index contributed by atoms with van der Waals surface area (Å²) in [4.78, 5) is 6.38. The zero-order valence-electron chi connectivity index (χ0n) is 9.27. The van der Waals surface area contributed by atoms with Crippen LogP contribution in [-0.2, 0) is 6.61 Å². The molecule has 1 heterocycles. The van der Waals surface area contributed by atoms with Crippen LogP contribution in [0.25, 0.3) is 0 Å². The number of nitrogens with zero attached hydrogens (tertiary/aromatic N) is 2. The van der Waals surface area contributed by atoms with Crippen LogP contribution in [0.15, 0.2) is 12.1 Å². The maximum absolute atomic E-state index is 9.01. The van der Waals surface area contributed by atoms with Crippen molar-refractivity contribution >= 4 is 5.82 Å². The van der Waals surface area contributed by atoms with Crippen molar-refractivity contribution in [2.75, 3.05) is 24.6 Å². The van der Waals surface area contributed by atoms with Gasteiger partial charge in [0.2, 0.25) is 0 Å². The molecule has 4 nitrogen and oxygen atoms in total. The lowest BCUT2D eigenvalue weighted by atomic mass is 10.2. The van der Waals surface area contributed by atoms with E-state index in [9.17, 15) is 0 Å². The molecule has 2 N–H and O–H groups in total. The largest absolute Gasteiger partial charge is 0.395 e. The first-order valence-corrected chi connectivity index (χ1v) is 5.16. The Labute approximate surface area is 90.2 Å². The fraction of sp³-hybridized carbons (Fsp3) is 0.545. The van der Waals surface area contributed by atoms with Crippen LogP contribution in [0.4, 0.5) is 5.82 Å². The first-order chi connectivity index (χ1) is 7.22. The minimum Gasteiger partial charge on any atom is -0.395 e. The number of rotatable bonds is 5. The molecule has 0 bridgehead atoms. The minimum atomic E-state index is 0.0191. The van der Waals surface area contributed by atoms with E-state index in [1.165, 1.54) is 0 Å². The zero-order chi connectivity index (χ0) is 11.3. The third-order valence-corrected chi connectivity index (χ3v) is 2.43. The highest BCUT2D eigenvalue weighted by Gasteiger charge is 2.06. The number of likely N-dealkylation sites (N-methyl/N-ethyl adjacent to an activating group) is 1. The Morgan fingerprint density at radius 1 is 1.33 bits per heavy atom. The van der Waals surface area contributed by atoms with E-state index in [4.69, 9.17) is 10.2 Å². The molecule has 0 unspecified atom stereocenters. The summed E-state index contributed by atoms with van der Waals surface area (Å²) in [7, 11) is 0. The lowest BCUT2D eigenvalue weighted by Crippen LogP contribution is -2.27. The van der Waals surface area contributed by atoms with Crippen molar-refractivity contribution in [1.29, 1.82) is 0 Å². The fourth-order valence-electron chi connectivity index (χ4n) is 1.48. The molecule has 0 radical (unpaired) electrons. The van der Waals surface area contributed by atoms with Gasteiger partial charge in [0.15, 0.2) is 0 Å². The maximum atomic E-state index is 9.01. The molecular weight excluding hydrogens is 192 g/mol. The van der Waals surface area contributed by atoms with E-state index >= 15 is 0 Å². The fourth-order valence-corrected chi connectivity index (χ4v) is 1.48. The number of aromatic nitrogens is 1. The summed E-state index contributed by atoms with van der Waals surface area (Å²) in [6.45, 7) is 5.43. The van der Waals surface area contributed by atoms with E-state index in [0.29, 0.717) is 6.54 Å². The van der Waals surface area contributed by atoms with Gasteiger partial charge in [0.1, 0.15) is 5.82 Å². The van der Waals surface area contributed by atoms with Crippen LogP contribution in [0.5, 0.6) is 0 Å². The van der Waals surface area contributed by atoms with E-state index in [-0.39, 0.29) is 13.2 Å². The molecular formula is C11H18N2O2. The molecule has 0 saturated heterocycles. The molecule has 0 fully saturated rings. The van der Waals surface area contributed by atoms with Crippen molar-refractivity contribution in [2.24, 2.45) is 0 Å². The quantitative estimate of drug-likeness (QED) is 0.751. The number of aliphatic hydroxyl groups is 2. The second-order valence-corrected chi connectivity index (χ2v) is 3.38. The highest BCUT2D eigenvalue weighted by molar-refractivity contribution is 5.41. The van der Waals surface area contributed by atoms with Gasteiger partial charge in [0, 0.05) is 18.8 Å². The van der Waals surface area contributed by atoms with Crippen LogP contribution >= 0.6 is 0 Å². The van der Waals surface area contributed by atoms with Gasteiger partial charge in [0.05, 0.1) is 13.2 Å². The highest BCUT2D eigenvalue weighted by Crippen LogP contribution is 2.14. The van der Waals surface area contributed by atoms with Crippen molar-refractivity contribution in [3.63, 3.8) is 0 Å². The molecule has 1 aromatic heterocycles. The molecule has 0 saturated carbocycles. The van der Waals surface area contributed by atoms with Crippen molar-refractivity contribution < 1.29 is 10.2 Å². The second kappa shape index (κ2) is 5.68. The Hall–Kier alpha value is -1.13. The molecule has 15 heavy (non-hydrogen) atoms. The molecule has 84 valence electrons. The Kier molecular flexibility index (Phi) is 4.52. The van der Waals surface area contributed by atoms with Crippen LogP contribution in [0, 0.1) is 6.92 Å². The van der Waals surface area contributed by atoms with Gasteiger partial charge >= 0.3 is 0 Å². The van der Waals surface area contributed by atoms with Crippen LogP contribution in [0.1, 0.15) is 18.2 Å². The summed E-state index contributed by atoms with van der Waals surface area (Å²) in [6.07, 6.45) is 0. The van der Waals surface area contributed by atoms with E-state index in [1.54, 1.807) is 0 Å². The Balaban J connectivity index is 2.89.